The van der Waals surface area contributed by atoms with Gasteiger partial charge in [-0.05, 0) is 28.1 Å². The molecule has 18 heteroatoms. The molecule has 228 valence electrons. The van der Waals surface area contributed by atoms with Crippen LogP contribution >= 0.6 is 11.8 Å². The number of ether oxygens (including phenoxy) is 4. The van der Waals surface area contributed by atoms with Gasteiger partial charge in [-0.3, -0.25) is 14.4 Å². The van der Waals surface area contributed by atoms with Crippen molar-refractivity contribution >= 4 is 35.5 Å². The Morgan fingerprint density at radius 1 is 1.05 bits per heavy atom. The molecule has 1 aromatic carbocycles. The van der Waals surface area contributed by atoms with Crippen LogP contribution < -0.4 is 0 Å². The smallest absolute Gasteiger partial charge is 0.364 e. The van der Waals surface area contributed by atoms with Crippen molar-refractivity contribution in [2.45, 2.75) is 55.5 Å². The number of pyridine rings is 1. The van der Waals surface area contributed by atoms with Gasteiger partial charge in [0, 0.05) is 37.3 Å². The lowest BCUT2D eigenvalue weighted by Gasteiger charge is -2.44. The number of carbonyl (C=O) groups is 3. The van der Waals surface area contributed by atoms with Gasteiger partial charge in [-0.2, -0.15) is 0 Å². The number of halogens is 3. The van der Waals surface area contributed by atoms with Crippen LogP contribution in [0.1, 0.15) is 26.8 Å². The van der Waals surface area contributed by atoms with Gasteiger partial charge in [0.05, 0.1) is 6.20 Å². The minimum Gasteiger partial charge on any atom is -0.463 e. The predicted octanol–water partition coefficient (Wildman–Crippen LogP) is 3.15. The van der Waals surface area contributed by atoms with Crippen LogP contribution in [0.4, 0.5) is 19.0 Å². The van der Waals surface area contributed by atoms with Crippen LogP contribution in [-0.2, 0) is 33.3 Å². The van der Waals surface area contributed by atoms with Gasteiger partial charge in [0.25, 0.3) is 0 Å². The molecule has 3 aromatic rings. The summed E-state index contributed by atoms with van der Waals surface area (Å²) in [4.78, 5) is 50.6. The number of rotatable bonds is 9. The summed E-state index contributed by atoms with van der Waals surface area (Å²) in [6, 6.07) is 2.72. The Bertz CT molecular complexity index is 1540. The highest BCUT2D eigenvalue weighted by Gasteiger charge is 2.52. The first-order valence-corrected chi connectivity index (χ1v) is 13.2. The first-order valence-electron chi connectivity index (χ1n) is 12.3. The predicted molar refractivity (Wildman–Crippen MR) is 138 cm³/mol. The summed E-state index contributed by atoms with van der Waals surface area (Å²) in [5.74, 6) is -7.41. The van der Waals surface area contributed by atoms with Gasteiger partial charge in [0.15, 0.2) is 29.7 Å². The lowest BCUT2D eigenvalue weighted by molar-refractivity contribution is -0.389. The Hall–Kier alpha value is -4.58. The highest BCUT2D eigenvalue weighted by atomic mass is 32.2. The van der Waals surface area contributed by atoms with E-state index in [4.69, 9.17) is 18.9 Å². The molecule has 14 nitrogen and oxygen atoms in total. The number of esters is 3. The van der Waals surface area contributed by atoms with Crippen LogP contribution in [0.25, 0.3) is 11.3 Å². The topological polar surface area (TPSA) is 175 Å². The van der Waals surface area contributed by atoms with Gasteiger partial charge in [0.2, 0.25) is 0 Å². The standard InChI is InChI=1S/C25H22F3N5O9S/c1-11(34)39-10-19-23(40-12(2)35)22(32-9-18(30-31-32)14-6-16(26)21(28)17(27)7-14)24(41-13(3)36)25(42-19)43-15-4-5-29-20(8-15)33(37)38/h4-9,19,22-25H,10H2,1-3H3. The average molecular weight is 626 g/mol. The molecule has 4 rings (SSSR count). The van der Waals surface area contributed by atoms with Crippen molar-refractivity contribution < 1.29 is 51.4 Å². The quantitative estimate of drug-likeness (QED) is 0.112. The van der Waals surface area contributed by atoms with Gasteiger partial charge >= 0.3 is 23.7 Å². The fraction of sp³-hybridized carbons (Fsp3) is 0.360. The van der Waals surface area contributed by atoms with E-state index in [9.17, 15) is 37.7 Å². The Balaban J connectivity index is 1.82. The molecular formula is C25H22F3N5O9S. The third kappa shape index (κ3) is 7.44. The van der Waals surface area contributed by atoms with Crippen molar-refractivity contribution in [2.75, 3.05) is 6.61 Å². The summed E-state index contributed by atoms with van der Waals surface area (Å²) in [7, 11) is 0. The first kappa shape index (κ1) is 31.4. The van der Waals surface area contributed by atoms with Crippen LogP contribution in [0.5, 0.6) is 0 Å². The maximum absolute atomic E-state index is 13.9. The molecular weight excluding hydrogens is 603 g/mol. The van der Waals surface area contributed by atoms with E-state index in [-0.39, 0.29) is 16.2 Å². The normalized spacial score (nSPS) is 21.6. The summed E-state index contributed by atoms with van der Waals surface area (Å²) in [6.45, 7) is 2.88. The summed E-state index contributed by atoms with van der Waals surface area (Å²) >= 11 is 0.885. The number of aromatic nitrogens is 4. The van der Waals surface area contributed by atoms with E-state index in [1.54, 1.807) is 0 Å². The Morgan fingerprint density at radius 2 is 1.70 bits per heavy atom. The maximum atomic E-state index is 13.9. The molecule has 1 fully saturated rings. The second-order valence-corrected chi connectivity index (χ2v) is 10.2. The van der Waals surface area contributed by atoms with Crippen molar-refractivity contribution in [3.05, 3.63) is 64.2 Å². The fourth-order valence-corrected chi connectivity index (χ4v) is 5.37. The van der Waals surface area contributed by atoms with E-state index >= 15 is 0 Å². The van der Waals surface area contributed by atoms with Gasteiger partial charge < -0.3 is 29.1 Å². The molecule has 0 aliphatic carbocycles. The average Bonchev–Trinajstić information content (AvgIpc) is 3.41. The van der Waals surface area contributed by atoms with Crippen molar-refractivity contribution in [1.29, 1.82) is 0 Å². The molecule has 0 amide bonds. The molecule has 5 atom stereocenters. The van der Waals surface area contributed by atoms with E-state index < -0.39 is 82.5 Å². The molecule has 1 aliphatic rings. The number of nitro groups is 1. The zero-order valence-electron chi connectivity index (χ0n) is 22.5. The van der Waals surface area contributed by atoms with Crippen molar-refractivity contribution in [1.82, 2.24) is 20.0 Å². The molecule has 0 N–H and O–H groups in total. The van der Waals surface area contributed by atoms with Crippen molar-refractivity contribution in [3.63, 3.8) is 0 Å². The lowest BCUT2D eigenvalue weighted by Crippen LogP contribution is -2.57. The molecule has 3 heterocycles. The highest BCUT2D eigenvalue weighted by molar-refractivity contribution is 7.99. The molecule has 0 radical (unpaired) electrons. The number of nitrogens with zero attached hydrogens (tertiary/aromatic N) is 5. The van der Waals surface area contributed by atoms with Crippen LogP contribution in [-0.4, -0.2) is 73.2 Å². The molecule has 1 aliphatic heterocycles. The molecule has 0 bridgehead atoms. The number of hydrogen-bond acceptors (Lipinski definition) is 13. The van der Waals surface area contributed by atoms with E-state index in [1.807, 2.05) is 0 Å². The molecule has 0 spiro atoms. The molecule has 5 unspecified atom stereocenters. The van der Waals surface area contributed by atoms with Crippen LogP contribution in [0.15, 0.2) is 41.6 Å². The second kappa shape index (κ2) is 13.2. The third-order valence-corrected chi connectivity index (χ3v) is 7.06. The van der Waals surface area contributed by atoms with Gasteiger partial charge in [-0.25, -0.2) is 17.9 Å². The SMILES string of the molecule is CC(=O)OCC1OC(Sc2ccnc([N+](=O)[O-])c2)C(OC(C)=O)C(n2cc(-c3cc(F)c(F)c(F)c3)nn2)C1OC(C)=O. The zero-order valence-corrected chi connectivity index (χ0v) is 23.3. The summed E-state index contributed by atoms with van der Waals surface area (Å²) in [5, 5.41) is 19.2. The molecule has 0 saturated carbocycles. The van der Waals surface area contributed by atoms with Crippen LogP contribution in [0.2, 0.25) is 0 Å². The summed E-state index contributed by atoms with van der Waals surface area (Å²) in [6.07, 6.45) is -1.52. The summed E-state index contributed by atoms with van der Waals surface area (Å²) in [5.41, 5.74) is -1.50. The Morgan fingerprint density at radius 3 is 2.30 bits per heavy atom. The molecule has 43 heavy (non-hydrogen) atoms. The van der Waals surface area contributed by atoms with Gasteiger partial charge in [-0.1, -0.05) is 17.0 Å². The number of benzene rings is 1. The van der Waals surface area contributed by atoms with E-state index in [1.165, 1.54) is 18.5 Å². The molecule has 1 saturated heterocycles. The second-order valence-electron chi connectivity index (χ2n) is 9.05. The number of thioether (sulfide) groups is 1. The Labute approximate surface area is 244 Å². The highest BCUT2D eigenvalue weighted by Crippen LogP contribution is 2.42. The largest absolute Gasteiger partial charge is 0.463 e. The monoisotopic (exact) mass is 625 g/mol. The number of hydrogen-bond donors (Lipinski definition) is 0. The van der Waals surface area contributed by atoms with Crippen molar-refractivity contribution in [3.8, 4) is 11.3 Å². The van der Waals surface area contributed by atoms with Crippen molar-refractivity contribution in [2.24, 2.45) is 0 Å². The minimum absolute atomic E-state index is 0.127. The Kier molecular flexibility index (Phi) is 9.59. The molecule has 2 aromatic heterocycles. The summed E-state index contributed by atoms with van der Waals surface area (Å²) < 4.78 is 64.9. The van der Waals surface area contributed by atoms with E-state index in [2.05, 4.69) is 15.3 Å². The fourth-order valence-electron chi connectivity index (χ4n) is 4.24. The number of carbonyl (C=O) groups excluding carboxylic acids is 3. The van der Waals surface area contributed by atoms with Crippen LogP contribution in [0, 0.1) is 27.6 Å². The van der Waals surface area contributed by atoms with Crippen LogP contribution in [0.3, 0.4) is 0 Å². The first-order chi connectivity index (χ1) is 20.3. The minimum atomic E-state index is -1.69. The third-order valence-electron chi connectivity index (χ3n) is 5.92. The van der Waals surface area contributed by atoms with E-state index in [0.717, 1.165) is 43.3 Å². The van der Waals surface area contributed by atoms with Gasteiger partial charge in [-0.15, -0.1) is 5.10 Å². The maximum Gasteiger partial charge on any atom is 0.364 e. The zero-order chi connectivity index (χ0) is 31.4. The lowest BCUT2D eigenvalue weighted by atomic mass is 9.96. The van der Waals surface area contributed by atoms with E-state index in [0.29, 0.717) is 12.1 Å². The van der Waals surface area contributed by atoms with Gasteiger partial charge in [0.1, 0.15) is 36.1 Å².